The first-order valence-corrected chi connectivity index (χ1v) is 8.13. The number of hydrogen-bond donors (Lipinski definition) is 0. The summed E-state index contributed by atoms with van der Waals surface area (Å²) in [4.78, 5) is 18.1. The Morgan fingerprint density at radius 1 is 1.17 bits per heavy atom. The van der Waals surface area contributed by atoms with Crippen LogP contribution in [-0.4, -0.2) is 23.7 Å². The van der Waals surface area contributed by atoms with Gasteiger partial charge in [0.15, 0.2) is 0 Å². The summed E-state index contributed by atoms with van der Waals surface area (Å²) >= 11 is 0. The Bertz CT molecular complexity index is 678. The monoisotopic (exact) mass is 310 g/mol. The number of rotatable bonds is 4. The summed E-state index contributed by atoms with van der Waals surface area (Å²) < 4.78 is 5.30. The molecular formula is C19H22N2O2. The van der Waals surface area contributed by atoms with Gasteiger partial charge in [0.1, 0.15) is 6.10 Å². The molecule has 0 radical (unpaired) electrons. The van der Waals surface area contributed by atoms with Crippen molar-refractivity contribution in [2.45, 2.75) is 39.2 Å². The van der Waals surface area contributed by atoms with Crippen LogP contribution in [0.4, 0.5) is 10.5 Å². The summed E-state index contributed by atoms with van der Waals surface area (Å²) in [7, 11) is 0. The number of hydrogen-bond acceptors (Lipinski definition) is 3. The predicted molar refractivity (Wildman–Crippen MR) is 91.7 cm³/mol. The lowest BCUT2D eigenvalue weighted by Gasteiger charge is -2.13. The molecule has 1 atom stereocenters. The van der Waals surface area contributed by atoms with E-state index in [1.165, 1.54) is 0 Å². The molecule has 1 amide bonds. The van der Waals surface area contributed by atoms with E-state index in [4.69, 9.17) is 4.74 Å². The Balaban J connectivity index is 1.78. The van der Waals surface area contributed by atoms with Crippen LogP contribution in [0.3, 0.4) is 0 Å². The van der Waals surface area contributed by atoms with Crippen LogP contribution >= 0.6 is 0 Å². The van der Waals surface area contributed by atoms with Crippen molar-refractivity contribution in [1.29, 1.82) is 0 Å². The quantitative estimate of drug-likeness (QED) is 0.828. The first kappa shape index (κ1) is 15.5. The molecule has 1 aliphatic heterocycles. The zero-order valence-corrected chi connectivity index (χ0v) is 13.8. The third-order valence-electron chi connectivity index (χ3n) is 4.22. The zero-order chi connectivity index (χ0) is 16.4. The second-order valence-corrected chi connectivity index (χ2v) is 6.20. The van der Waals surface area contributed by atoms with E-state index in [9.17, 15) is 4.79 Å². The highest BCUT2D eigenvalue weighted by Gasteiger charge is 2.30. The highest BCUT2D eigenvalue weighted by Crippen LogP contribution is 2.27. The minimum absolute atomic E-state index is 0.00467. The molecule has 3 rings (SSSR count). The maximum Gasteiger partial charge on any atom is 0.414 e. The number of nitrogens with zero attached hydrogens (tertiary/aromatic N) is 2. The predicted octanol–water partition coefficient (Wildman–Crippen LogP) is 4.61. The van der Waals surface area contributed by atoms with Crippen LogP contribution in [0.15, 0.2) is 42.6 Å². The Kier molecular flexibility index (Phi) is 4.33. The van der Waals surface area contributed by atoms with Crippen molar-refractivity contribution in [3.63, 3.8) is 0 Å². The molecule has 1 fully saturated rings. The molecule has 0 spiro atoms. The van der Waals surface area contributed by atoms with Gasteiger partial charge in [0.2, 0.25) is 0 Å². The normalized spacial score (nSPS) is 17.7. The van der Waals surface area contributed by atoms with Crippen molar-refractivity contribution < 1.29 is 9.53 Å². The van der Waals surface area contributed by atoms with Crippen LogP contribution in [0.25, 0.3) is 11.1 Å². The third kappa shape index (κ3) is 3.21. The lowest BCUT2D eigenvalue weighted by atomic mass is 10.0. The van der Waals surface area contributed by atoms with Crippen molar-refractivity contribution in [1.82, 2.24) is 4.98 Å². The summed E-state index contributed by atoms with van der Waals surface area (Å²) in [6, 6.07) is 12.1. The average Bonchev–Trinajstić information content (AvgIpc) is 2.96. The van der Waals surface area contributed by atoms with Gasteiger partial charge in [-0.3, -0.25) is 9.88 Å². The minimum atomic E-state index is -0.257. The molecule has 0 saturated carbocycles. The van der Waals surface area contributed by atoms with Crippen LogP contribution in [0.1, 0.15) is 38.8 Å². The van der Waals surface area contributed by atoms with Gasteiger partial charge in [0.05, 0.1) is 6.54 Å². The molecule has 1 aromatic heterocycles. The number of ether oxygens (including phenoxy) is 1. The maximum absolute atomic E-state index is 11.9. The van der Waals surface area contributed by atoms with Crippen molar-refractivity contribution in [3.8, 4) is 11.1 Å². The van der Waals surface area contributed by atoms with Crippen molar-refractivity contribution in [2.75, 3.05) is 11.4 Å². The van der Waals surface area contributed by atoms with Crippen molar-refractivity contribution in [3.05, 3.63) is 48.3 Å². The van der Waals surface area contributed by atoms with Gasteiger partial charge >= 0.3 is 6.09 Å². The minimum Gasteiger partial charge on any atom is -0.444 e. The number of amides is 1. The Labute approximate surface area is 137 Å². The summed E-state index contributed by atoms with van der Waals surface area (Å²) in [6.07, 6.45) is 2.48. The summed E-state index contributed by atoms with van der Waals surface area (Å²) in [5.74, 6) is 0.430. The molecule has 4 nitrogen and oxygen atoms in total. The summed E-state index contributed by atoms with van der Waals surface area (Å²) in [5.41, 5.74) is 4.14. The summed E-state index contributed by atoms with van der Waals surface area (Å²) in [5, 5.41) is 0. The van der Waals surface area contributed by atoms with E-state index in [-0.39, 0.29) is 12.2 Å². The molecule has 0 aliphatic carbocycles. The Morgan fingerprint density at radius 3 is 2.39 bits per heavy atom. The highest BCUT2D eigenvalue weighted by molar-refractivity contribution is 5.90. The first-order valence-electron chi connectivity index (χ1n) is 8.13. The van der Waals surface area contributed by atoms with Gasteiger partial charge in [-0.15, -0.1) is 0 Å². The SMILES string of the molecule is CCC1CN(c2ccc(-c3ccc(C(C)C)nc3)cc2)C(=O)O1. The van der Waals surface area contributed by atoms with Crippen molar-refractivity contribution in [2.24, 2.45) is 0 Å². The van der Waals surface area contributed by atoms with E-state index >= 15 is 0 Å². The number of anilines is 1. The molecule has 23 heavy (non-hydrogen) atoms. The van der Waals surface area contributed by atoms with E-state index < -0.39 is 0 Å². The number of benzene rings is 1. The molecule has 1 saturated heterocycles. The van der Waals surface area contributed by atoms with Crippen LogP contribution < -0.4 is 4.90 Å². The number of aromatic nitrogens is 1. The summed E-state index contributed by atoms with van der Waals surface area (Å²) in [6.45, 7) is 6.92. The van der Waals surface area contributed by atoms with E-state index in [1.807, 2.05) is 37.4 Å². The molecule has 1 aromatic carbocycles. The fraction of sp³-hybridized carbons (Fsp3) is 0.368. The molecule has 4 heteroatoms. The molecule has 1 unspecified atom stereocenters. The van der Waals surface area contributed by atoms with E-state index in [0.717, 1.165) is 28.9 Å². The van der Waals surface area contributed by atoms with Gasteiger partial charge in [0, 0.05) is 23.1 Å². The molecule has 120 valence electrons. The fourth-order valence-electron chi connectivity index (χ4n) is 2.70. The van der Waals surface area contributed by atoms with Gasteiger partial charge < -0.3 is 4.74 Å². The van der Waals surface area contributed by atoms with E-state index in [0.29, 0.717) is 12.5 Å². The van der Waals surface area contributed by atoms with Crippen LogP contribution in [-0.2, 0) is 4.74 Å². The van der Waals surface area contributed by atoms with Gasteiger partial charge in [0.25, 0.3) is 0 Å². The van der Waals surface area contributed by atoms with Crippen LogP contribution in [0.5, 0.6) is 0 Å². The zero-order valence-electron chi connectivity index (χ0n) is 13.8. The van der Waals surface area contributed by atoms with Gasteiger partial charge in [-0.2, -0.15) is 0 Å². The number of cyclic esters (lactones) is 1. The second kappa shape index (κ2) is 6.41. The second-order valence-electron chi connectivity index (χ2n) is 6.20. The van der Waals surface area contributed by atoms with Crippen LogP contribution in [0, 0.1) is 0 Å². The lowest BCUT2D eigenvalue weighted by Crippen LogP contribution is -2.24. The molecule has 1 aliphatic rings. The van der Waals surface area contributed by atoms with Crippen molar-refractivity contribution >= 4 is 11.8 Å². The Hall–Kier alpha value is -2.36. The topological polar surface area (TPSA) is 42.4 Å². The highest BCUT2D eigenvalue weighted by atomic mass is 16.6. The number of pyridine rings is 1. The van der Waals surface area contributed by atoms with Gasteiger partial charge in [-0.05, 0) is 36.1 Å². The van der Waals surface area contributed by atoms with E-state index in [1.54, 1.807) is 4.90 Å². The third-order valence-corrected chi connectivity index (χ3v) is 4.22. The standard InChI is InChI=1S/C19H22N2O2/c1-4-17-12-21(19(22)23-17)16-8-5-14(6-9-16)15-7-10-18(13(2)3)20-11-15/h5-11,13,17H,4,12H2,1-3H3. The number of carbonyl (C=O) groups excluding carboxylic acids is 1. The van der Waals surface area contributed by atoms with Gasteiger partial charge in [-0.25, -0.2) is 4.79 Å². The maximum atomic E-state index is 11.9. The average molecular weight is 310 g/mol. The van der Waals surface area contributed by atoms with Gasteiger partial charge in [-0.1, -0.05) is 39.0 Å². The lowest BCUT2D eigenvalue weighted by molar-refractivity contribution is 0.139. The molecule has 0 N–H and O–H groups in total. The molecule has 0 bridgehead atoms. The fourth-order valence-corrected chi connectivity index (χ4v) is 2.70. The smallest absolute Gasteiger partial charge is 0.414 e. The first-order chi connectivity index (χ1) is 11.1. The largest absolute Gasteiger partial charge is 0.444 e. The molecule has 2 heterocycles. The number of carbonyl (C=O) groups is 1. The van der Waals surface area contributed by atoms with E-state index in [2.05, 4.69) is 31.0 Å². The molecular weight excluding hydrogens is 288 g/mol. The molecule has 2 aromatic rings. The van der Waals surface area contributed by atoms with Crippen LogP contribution in [0.2, 0.25) is 0 Å². The Morgan fingerprint density at radius 2 is 1.87 bits per heavy atom.